The van der Waals surface area contributed by atoms with Gasteiger partial charge in [-0.15, -0.1) is 0 Å². The van der Waals surface area contributed by atoms with Crippen molar-refractivity contribution in [2.24, 2.45) is 7.05 Å². The van der Waals surface area contributed by atoms with Crippen LogP contribution in [0.4, 0.5) is 8.78 Å². The molecule has 0 saturated heterocycles. The van der Waals surface area contributed by atoms with Crippen molar-refractivity contribution >= 4 is 22.4 Å². The molecule has 0 spiro atoms. The zero-order valence-electron chi connectivity index (χ0n) is 15.0. The van der Waals surface area contributed by atoms with Crippen LogP contribution in [0.5, 0.6) is 0 Å². The van der Waals surface area contributed by atoms with Crippen molar-refractivity contribution in [2.75, 3.05) is 0 Å². The highest BCUT2D eigenvalue weighted by Gasteiger charge is 2.44. The zero-order valence-corrected chi connectivity index (χ0v) is 15.0. The Morgan fingerprint density at radius 1 is 1.26 bits per heavy atom. The summed E-state index contributed by atoms with van der Waals surface area (Å²) in [4.78, 5) is 12.2. The third kappa shape index (κ3) is 2.55. The average molecular weight is 368 g/mol. The van der Waals surface area contributed by atoms with Gasteiger partial charge in [-0.25, -0.2) is 8.78 Å². The molecule has 1 atom stereocenters. The summed E-state index contributed by atoms with van der Waals surface area (Å²) in [7, 11) is 1.85. The topological polar surface area (TPSA) is 55.1 Å². The monoisotopic (exact) mass is 368 g/mol. The van der Waals surface area contributed by atoms with E-state index >= 15 is 0 Å². The number of hydrogen-bond donors (Lipinski definition) is 1. The molecular formula is C21H18F2N2O2. The first-order valence-corrected chi connectivity index (χ1v) is 8.66. The van der Waals surface area contributed by atoms with E-state index in [9.17, 15) is 18.7 Å². The van der Waals surface area contributed by atoms with E-state index < -0.39 is 23.0 Å². The first-order chi connectivity index (χ1) is 12.8. The molecule has 6 heteroatoms. The Hall–Kier alpha value is -3.02. The summed E-state index contributed by atoms with van der Waals surface area (Å²) in [6.45, 7) is 1.42. The molecule has 1 N–H and O–H groups in total. The van der Waals surface area contributed by atoms with Gasteiger partial charge in [-0.05, 0) is 54.2 Å². The second-order valence-corrected chi connectivity index (χ2v) is 7.02. The van der Waals surface area contributed by atoms with Gasteiger partial charge >= 0.3 is 5.97 Å². The van der Waals surface area contributed by atoms with E-state index in [0.29, 0.717) is 18.4 Å². The molecule has 1 unspecified atom stereocenters. The fraction of sp³-hybridized carbons (Fsp3) is 0.238. The van der Waals surface area contributed by atoms with Crippen molar-refractivity contribution < 1.29 is 18.7 Å². The quantitative estimate of drug-likeness (QED) is 0.747. The Morgan fingerprint density at radius 3 is 2.78 bits per heavy atom. The van der Waals surface area contributed by atoms with E-state index in [0.717, 1.165) is 28.1 Å². The number of hydrogen-bond acceptors (Lipinski definition) is 2. The van der Waals surface area contributed by atoms with Crippen LogP contribution in [-0.2, 0) is 17.3 Å². The predicted molar refractivity (Wildman–Crippen MR) is 98.3 cm³/mol. The van der Waals surface area contributed by atoms with E-state index in [4.69, 9.17) is 0 Å². The molecule has 1 heterocycles. The number of halogens is 2. The van der Waals surface area contributed by atoms with Crippen LogP contribution in [-0.4, -0.2) is 20.9 Å². The molecule has 0 aliphatic heterocycles. The summed E-state index contributed by atoms with van der Waals surface area (Å²) >= 11 is 0. The van der Waals surface area contributed by atoms with E-state index in [2.05, 4.69) is 5.10 Å². The van der Waals surface area contributed by atoms with Gasteiger partial charge in [0.05, 0.1) is 11.7 Å². The maximum Gasteiger partial charge on any atom is 0.318 e. The molecule has 0 fully saturated rings. The molecule has 0 radical (unpaired) electrons. The standard InChI is InChI=1S/C21H18F2N2O2/c1-12-16(5-6-17(22)19(12)23)21(20(26)27)8-7-14(10-21)13-3-4-15-11-24-25(2)18(15)9-13/h3-6,9-11H,7-8H2,1-2H3,(H,26,27). The van der Waals surface area contributed by atoms with Gasteiger partial charge in [-0.3, -0.25) is 9.48 Å². The van der Waals surface area contributed by atoms with Gasteiger partial charge < -0.3 is 5.11 Å². The maximum absolute atomic E-state index is 14.1. The van der Waals surface area contributed by atoms with Crippen molar-refractivity contribution in [3.05, 3.63) is 70.9 Å². The van der Waals surface area contributed by atoms with Gasteiger partial charge in [0, 0.05) is 12.4 Å². The zero-order chi connectivity index (χ0) is 19.3. The number of fused-ring (bicyclic) bond motifs is 1. The molecule has 0 saturated carbocycles. The average Bonchev–Trinajstić information content (AvgIpc) is 3.25. The fourth-order valence-electron chi connectivity index (χ4n) is 3.98. The van der Waals surface area contributed by atoms with Crippen molar-refractivity contribution in [3.8, 4) is 0 Å². The summed E-state index contributed by atoms with van der Waals surface area (Å²) in [5.74, 6) is -3.03. The van der Waals surface area contributed by atoms with Crippen LogP contribution in [0.3, 0.4) is 0 Å². The highest BCUT2D eigenvalue weighted by atomic mass is 19.2. The van der Waals surface area contributed by atoms with Gasteiger partial charge in [-0.2, -0.15) is 5.10 Å². The number of carboxylic acid groups (broad SMARTS) is 1. The Kier molecular flexibility index (Phi) is 3.87. The number of allylic oxidation sites excluding steroid dienone is 1. The third-order valence-electron chi connectivity index (χ3n) is 5.53. The lowest BCUT2D eigenvalue weighted by Gasteiger charge is -2.25. The van der Waals surface area contributed by atoms with Crippen molar-refractivity contribution in [1.82, 2.24) is 9.78 Å². The maximum atomic E-state index is 14.1. The van der Waals surface area contributed by atoms with Crippen LogP contribution >= 0.6 is 0 Å². The number of aromatic nitrogens is 2. The molecule has 2 aromatic carbocycles. The van der Waals surface area contributed by atoms with Crippen molar-refractivity contribution in [2.45, 2.75) is 25.2 Å². The summed E-state index contributed by atoms with van der Waals surface area (Å²) in [6, 6.07) is 8.24. The van der Waals surface area contributed by atoms with Gasteiger partial charge in [-0.1, -0.05) is 24.3 Å². The molecular weight excluding hydrogens is 350 g/mol. The van der Waals surface area contributed by atoms with Crippen molar-refractivity contribution in [3.63, 3.8) is 0 Å². The van der Waals surface area contributed by atoms with Crippen molar-refractivity contribution in [1.29, 1.82) is 0 Å². The molecule has 1 aromatic heterocycles. The number of carboxylic acids is 1. The third-order valence-corrected chi connectivity index (χ3v) is 5.53. The molecule has 4 nitrogen and oxygen atoms in total. The number of aliphatic carboxylic acids is 1. The fourth-order valence-corrected chi connectivity index (χ4v) is 3.98. The van der Waals surface area contributed by atoms with Crippen LogP contribution in [0.1, 0.15) is 29.5 Å². The number of aryl methyl sites for hydroxylation is 1. The SMILES string of the molecule is Cc1c(C2(C(=O)O)C=C(c3ccc4cnn(C)c4c3)CC2)ccc(F)c1F. The summed E-state index contributed by atoms with van der Waals surface area (Å²) in [6.07, 6.45) is 4.29. The largest absolute Gasteiger partial charge is 0.480 e. The molecule has 4 rings (SSSR count). The lowest BCUT2D eigenvalue weighted by molar-refractivity contribution is -0.141. The first kappa shape index (κ1) is 17.4. The Balaban J connectivity index is 1.86. The summed E-state index contributed by atoms with van der Waals surface area (Å²) in [5, 5.41) is 15.2. The lowest BCUT2D eigenvalue weighted by atomic mass is 9.78. The van der Waals surface area contributed by atoms with Gasteiger partial charge in [0.15, 0.2) is 11.6 Å². The number of carbonyl (C=O) groups is 1. The molecule has 0 amide bonds. The van der Waals surface area contributed by atoms with Crippen LogP contribution < -0.4 is 0 Å². The molecule has 1 aliphatic rings. The van der Waals surface area contributed by atoms with E-state index in [1.54, 1.807) is 17.0 Å². The first-order valence-electron chi connectivity index (χ1n) is 8.66. The van der Waals surface area contributed by atoms with Gasteiger partial charge in [0.2, 0.25) is 0 Å². The van der Waals surface area contributed by atoms with Crippen LogP contribution in [0.15, 0.2) is 42.6 Å². The summed E-state index contributed by atoms with van der Waals surface area (Å²) < 4.78 is 29.4. The highest BCUT2D eigenvalue weighted by Crippen LogP contribution is 2.45. The Morgan fingerprint density at radius 2 is 2.04 bits per heavy atom. The number of rotatable bonds is 3. The molecule has 3 aromatic rings. The molecule has 0 bridgehead atoms. The molecule has 138 valence electrons. The number of benzene rings is 2. The minimum Gasteiger partial charge on any atom is -0.480 e. The lowest BCUT2D eigenvalue weighted by Crippen LogP contribution is -2.32. The minimum atomic E-state index is -1.37. The summed E-state index contributed by atoms with van der Waals surface area (Å²) in [5.41, 5.74) is 1.71. The van der Waals surface area contributed by atoms with Crippen LogP contribution in [0, 0.1) is 18.6 Å². The Labute approximate surface area is 154 Å². The Bertz CT molecular complexity index is 1120. The van der Waals surface area contributed by atoms with E-state index in [1.807, 2.05) is 25.2 Å². The van der Waals surface area contributed by atoms with Crippen LogP contribution in [0.25, 0.3) is 16.5 Å². The smallest absolute Gasteiger partial charge is 0.318 e. The second-order valence-electron chi connectivity index (χ2n) is 7.02. The minimum absolute atomic E-state index is 0.0389. The number of nitrogens with zero attached hydrogens (tertiary/aromatic N) is 2. The molecule has 1 aliphatic carbocycles. The van der Waals surface area contributed by atoms with Gasteiger partial charge in [0.1, 0.15) is 5.41 Å². The normalized spacial score (nSPS) is 19.5. The van der Waals surface area contributed by atoms with E-state index in [1.165, 1.54) is 13.0 Å². The predicted octanol–water partition coefficient (Wildman–Crippen LogP) is 4.36. The second kappa shape index (κ2) is 6.01. The van der Waals surface area contributed by atoms with Gasteiger partial charge in [0.25, 0.3) is 0 Å². The molecule has 27 heavy (non-hydrogen) atoms. The van der Waals surface area contributed by atoms with E-state index in [-0.39, 0.29) is 5.56 Å². The highest BCUT2D eigenvalue weighted by molar-refractivity contribution is 5.91. The van der Waals surface area contributed by atoms with Crippen LogP contribution in [0.2, 0.25) is 0 Å².